The minimum Gasteiger partial charge on any atom is -0.313 e. The van der Waals surface area contributed by atoms with Crippen LogP contribution >= 0.6 is 0 Å². The zero-order valence-corrected chi connectivity index (χ0v) is 27.6. The highest BCUT2D eigenvalue weighted by Crippen LogP contribution is 2.42. The smallest absolute Gasteiger partial charge is 0.0541 e. The topological polar surface area (TPSA) is 9.86 Å². The number of fused-ring (bicyclic) bond motifs is 6. The first-order valence-electron chi connectivity index (χ1n) is 17.5. The Labute approximate surface area is 291 Å². The van der Waals surface area contributed by atoms with Crippen molar-refractivity contribution in [1.82, 2.24) is 9.13 Å². The molecule has 7 aromatic carbocycles. The fraction of sp³-hybridized carbons (Fsp3) is 0.0417. The largest absolute Gasteiger partial charge is 0.313 e. The fourth-order valence-electron chi connectivity index (χ4n) is 8.15. The number of aromatic nitrogens is 2. The van der Waals surface area contributed by atoms with E-state index < -0.39 is 0 Å². The third kappa shape index (κ3) is 4.57. The molecule has 0 amide bonds. The second-order valence-electron chi connectivity index (χ2n) is 13.3. The van der Waals surface area contributed by atoms with Crippen molar-refractivity contribution in [2.24, 2.45) is 0 Å². The SMILES string of the molecule is C1=C(c2ccc3c(c2)c2ccccc2n3-c2ccc(-c3ccccc3)cc2-c2ccccc2)CCc2c1c1ccccc1n2-c1ccccc1. The molecule has 0 bridgehead atoms. The lowest BCUT2D eigenvalue weighted by Gasteiger charge is -2.18. The van der Waals surface area contributed by atoms with Gasteiger partial charge in [-0.3, -0.25) is 0 Å². The molecule has 236 valence electrons. The van der Waals surface area contributed by atoms with Gasteiger partial charge in [0.25, 0.3) is 0 Å². The van der Waals surface area contributed by atoms with Crippen molar-refractivity contribution in [3.8, 4) is 33.6 Å². The molecular formula is C48H34N2. The molecule has 1 aliphatic rings. The maximum atomic E-state index is 2.46. The molecule has 50 heavy (non-hydrogen) atoms. The summed E-state index contributed by atoms with van der Waals surface area (Å²) in [5.41, 5.74) is 16.4. The zero-order valence-electron chi connectivity index (χ0n) is 27.6. The highest BCUT2D eigenvalue weighted by molar-refractivity contribution is 6.11. The van der Waals surface area contributed by atoms with Gasteiger partial charge in [0.2, 0.25) is 0 Å². The number of nitrogens with zero attached hydrogens (tertiary/aromatic N) is 2. The molecule has 0 radical (unpaired) electrons. The number of hydrogen-bond acceptors (Lipinski definition) is 0. The molecule has 1 aliphatic carbocycles. The molecule has 0 spiro atoms. The summed E-state index contributed by atoms with van der Waals surface area (Å²) < 4.78 is 4.93. The fourth-order valence-corrected chi connectivity index (χ4v) is 8.15. The van der Waals surface area contributed by atoms with Gasteiger partial charge < -0.3 is 9.13 Å². The van der Waals surface area contributed by atoms with Gasteiger partial charge in [-0.2, -0.15) is 0 Å². The molecule has 0 saturated carbocycles. The van der Waals surface area contributed by atoms with Gasteiger partial charge in [-0.25, -0.2) is 0 Å². The lowest BCUT2D eigenvalue weighted by molar-refractivity contribution is 0.898. The summed E-state index contributed by atoms with van der Waals surface area (Å²) in [4.78, 5) is 0. The van der Waals surface area contributed by atoms with Crippen LogP contribution in [0.4, 0.5) is 0 Å². The number of allylic oxidation sites excluding steroid dienone is 1. The van der Waals surface area contributed by atoms with Gasteiger partial charge in [-0.05, 0) is 95.3 Å². The monoisotopic (exact) mass is 638 g/mol. The molecule has 0 N–H and O–H groups in total. The molecule has 0 aliphatic heterocycles. The maximum absolute atomic E-state index is 2.46. The van der Waals surface area contributed by atoms with Crippen LogP contribution in [-0.2, 0) is 6.42 Å². The Hall–Kier alpha value is -6.38. The Kier molecular flexibility index (Phi) is 6.67. The van der Waals surface area contributed by atoms with E-state index in [1.807, 2.05) is 0 Å². The zero-order chi connectivity index (χ0) is 33.0. The van der Waals surface area contributed by atoms with Gasteiger partial charge >= 0.3 is 0 Å². The number of hydrogen-bond donors (Lipinski definition) is 0. The predicted octanol–water partition coefficient (Wildman–Crippen LogP) is 12.5. The normalized spacial score (nSPS) is 12.8. The molecule has 10 rings (SSSR count). The Morgan fingerprint density at radius 2 is 0.980 bits per heavy atom. The van der Waals surface area contributed by atoms with Crippen molar-refractivity contribution in [2.75, 3.05) is 0 Å². The molecule has 2 aromatic heterocycles. The maximum Gasteiger partial charge on any atom is 0.0541 e. The van der Waals surface area contributed by atoms with E-state index in [0.29, 0.717) is 0 Å². The van der Waals surface area contributed by atoms with Gasteiger partial charge in [0.05, 0.1) is 22.2 Å². The third-order valence-electron chi connectivity index (χ3n) is 10.5. The first-order chi connectivity index (χ1) is 24.8. The van der Waals surface area contributed by atoms with Crippen LogP contribution in [0.25, 0.3) is 78.0 Å². The number of rotatable bonds is 5. The van der Waals surface area contributed by atoms with Crippen molar-refractivity contribution in [1.29, 1.82) is 0 Å². The average molecular weight is 639 g/mol. The van der Waals surface area contributed by atoms with E-state index >= 15 is 0 Å². The average Bonchev–Trinajstić information content (AvgIpc) is 3.71. The predicted molar refractivity (Wildman–Crippen MR) is 211 cm³/mol. The van der Waals surface area contributed by atoms with E-state index in [2.05, 4.69) is 191 Å². The van der Waals surface area contributed by atoms with Crippen molar-refractivity contribution < 1.29 is 0 Å². The van der Waals surface area contributed by atoms with Crippen molar-refractivity contribution in [3.63, 3.8) is 0 Å². The van der Waals surface area contributed by atoms with Gasteiger partial charge in [0.15, 0.2) is 0 Å². The van der Waals surface area contributed by atoms with Gasteiger partial charge in [0.1, 0.15) is 0 Å². The van der Waals surface area contributed by atoms with E-state index in [1.54, 1.807) is 0 Å². The van der Waals surface area contributed by atoms with E-state index in [0.717, 1.165) is 12.8 Å². The first-order valence-corrected chi connectivity index (χ1v) is 17.5. The molecule has 0 saturated heterocycles. The second-order valence-corrected chi connectivity index (χ2v) is 13.3. The molecule has 9 aromatic rings. The van der Waals surface area contributed by atoms with Crippen LogP contribution in [0.2, 0.25) is 0 Å². The molecule has 0 unspecified atom stereocenters. The molecule has 2 heteroatoms. The second kappa shape index (κ2) is 11.6. The van der Waals surface area contributed by atoms with Crippen LogP contribution in [0.5, 0.6) is 0 Å². The molecule has 0 atom stereocenters. The lowest BCUT2D eigenvalue weighted by atomic mass is 9.90. The van der Waals surface area contributed by atoms with Crippen LogP contribution in [0.1, 0.15) is 23.2 Å². The van der Waals surface area contributed by atoms with E-state index in [4.69, 9.17) is 0 Å². The van der Waals surface area contributed by atoms with Crippen molar-refractivity contribution >= 4 is 44.4 Å². The summed E-state index contributed by atoms with van der Waals surface area (Å²) in [7, 11) is 0. The Morgan fingerprint density at radius 3 is 1.74 bits per heavy atom. The highest BCUT2D eigenvalue weighted by atomic mass is 15.0. The lowest BCUT2D eigenvalue weighted by Crippen LogP contribution is -2.05. The summed E-state index contributed by atoms with van der Waals surface area (Å²) in [6.07, 6.45) is 4.45. The van der Waals surface area contributed by atoms with Crippen LogP contribution in [-0.4, -0.2) is 9.13 Å². The minimum absolute atomic E-state index is 0.999. The van der Waals surface area contributed by atoms with Crippen LogP contribution in [0.15, 0.2) is 176 Å². The van der Waals surface area contributed by atoms with Crippen molar-refractivity contribution in [3.05, 3.63) is 193 Å². The number of benzene rings is 7. The third-order valence-corrected chi connectivity index (χ3v) is 10.5. The minimum atomic E-state index is 0.999. The van der Waals surface area contributed by atoms with Gasteiger partial charge in [0, 0.05) is 38.7 Å². The summed E-state index contributed by atoms with van der Waals surface area (Å²) in [6, 6.07) is 64.0. The molecule has 2 heterocycles. The summed E-state index contributed by atoms with van der Waals surface area (Å²) >= 11 is 0. The Balaban J connectivity index is 1.15. The van der Waals surface area contributed by atoms with Crippen LogP contribution in [0.3, 0.4) is 0 Å². The standard InChI is InChI=1S/C48H34N2/c1-4-14-33(15-5-1)35-24-27-46(41(30-35)34-16-6-2-7-17-34)50-45-23-13-11-21-40(45)43-32-37(26-29-48(43)50)36-25-28-47-42(31-36)39-20-10-12-22-44(39)49(47)38-18-8-3-9-19-38/h1-24,26-27,29-32H,25,28H2. The van der Waals surface area contributed by atoms with Gasteiger partial charge in [-0.15, -0.1) is 0 Å². The molecule has 0 fully saturated rings. The summed E-state index contributed by atoms with van der Waals surface area (Å²) in [5.74, 6) is 0. The van der Waals surface area contributed by atoms with Crippen LogP contribution < -0.4 is 0 Å². The first kappa shape index (κ1) is 28.6. The summed E-state index contributed by atoms with van der Waals surface area (Å²) in [6.45, 7) is 0. The van der Waals surface area contributed by atoms with Crippen LogP contribution in [0, 0.1) is 0 Å². The van der Waals surface area contributed by atoms with E-state index in [-0.39, 0.29) is 0 Å². The Bertz CT molecular complexity index is 2730. The van der Waals surface area contributed by atoms with Gasteiger partial charge in [-0.1, -0.05) is 127 Å². The van der Waals surface area contributed by atoms with E-state index in [9.17, 15) is 0 Å². The van der Waals surface area contributed by atoms with E-state index in [1.165, 1.54) is 88.7 Å². The number of para-hydroxylation sites is 3. The molecule has 2 nitrogen and oxygen atoms in total. The quantitative estimate of drug-likeness (QED) is 0.178. The van der Waals surface area contributed by atoms with Crippen molar-refractivity contribution in [2.45, 2.75) is 12.8 Å². The summed E-state index contributed by atoms with van der Waals surface area (Å²) in [5, 5.41) is 3.87. The molecular weight excluding hydrogens is 605 g/mol. The highest BCUT2D eigenvalue weighted by Gasteiger charge is 2.23. The Morgan fingerprint density at radius 1 is 0.380 bits per heavy atom.